The molecule has 0 bridgehead atoms. The largest absolute Gasteiger partial charge is 0.496 e. The van der Waals surface area contributed by atoms with Gasteiger partial charge in [-0.2, -0.15) is 0 Å². The summed E-state index contributed by atoms with van der Waals surface area (Å²) in [5, 5.41) is 1.16. The number of hydrogen-bond acceptors (Lipinski definition) is 3. The number of nitrogens with zero attached hydrogens (tertiary/aromatic N) is 1. The van der Waals surface area contributed by atoms with Gasteiger partial charge in [-0.25, -0.2) is 4.79 Å². The molecule has 1 heterocycles. The van der Waals surface area contributed by atoms with Crippen molar-refractivity contribution in [3.8, 4) is 5.75 Å². The Balaban J connectivity index is 1.86. The second-order valence-corrected chi connectivity index (χ2v) is 6.81. The van der Waals surface area contributed by atoms with Crippen LogP contribution in [0.4, 0.5) is 0 Å². The third-order valence-corrected chi connectivity index (χ3v) is 5.33. The van der Waals surface area contributed by atoms with Gasteiger partial charge in [0, 0.05) is 29.6 Å². The van der Waals surface area contributed by atoms with E-state index >= 15 is 0 Å². The molecule has 1 atom stereocenters. The lowest BCUT2D eigenvalue weighted by molar-refractivity contribution is -0.134. The quantitative estimate of drug-likeness (QED) is 0.498. The van der Waals surface area contributed by atoms with Crippen molar-refractivity contribution in [2.24, 2.45) is 0 Å². The van der Waals surface area contributed by atoms with Crippen LogP contribution < -0.4 is 4.74 Å². The summed E-state index contributed by atoms with van der Waals surface area (Å²) < 4.78 is 12.8. The first-order valence-electron chi connectivity index (χ1n) is 9.21. The molecule has 4 rings (SSSR count). The zero-order valence-corrected chi connectivity index (χ0v) is 15.6. The fraction of sp³-hybridized carbons (Fsp3) is 0.261. The van der Waals surface area contributed by atoms with E-state index in [1.54, 1.807) is 7.11 Å². The molecule has 0 radical (unpaired) electrons. The van der Waals surface area contributed by atoms with Gasteiger partial charge in [-0.05, 0) is 36.1 Å². The molecule has 0 saturated heterocycles. The first-order chi connectivity index (χ1) is 13.2. The van der Waals surface area contributed by atoms with Crippen LogP contribution in [-0.4, -0.2) is 24.8 Å². The summed E-state index contributed by atoms with van der Waals surface area (Å²) >= 11 is 0. The van der Waals surface area contributed by atoms with E-state index in [0.29, 0.717) is 0 Å². The Hall–Kier alpha value is -3.01. The van der Waals surface area contributed by atoms with Crippen LogP contribution >= 0.6 is 0 Å². The molecule has 0 fully saturated rings. The molecule has 1 aliphatic rings. The van der Waals surface area contributed by atoms with Crippen LogP contribution in [0.2, 0.25) is 0 Å². The fourth-order valence-corrected chi connectivity index (χ4v) is 4.13. The number of carbonyl (C=O) groups excluding carboxylic acids is 1. The Kier molecular flexibility index (Phi) is 4.71. The van der Waals surface area contributed by atoms with Crippen LogP contribution in [0.15, 0.2) is 60.7 Å². The van der Waals surface area contributed by atoms with Crippen LogP contribution in [0.5, 0.6) is 5.75 Å². The zero-order chi connectivity index (χ0) is 18.8. The zero-order valence-electron chi connectivity index (χ0n) is 15.6. The predicted molar refractivity (Wildman–Crippen MR) is 106 cm³/mol. The van der Waals surface area contributed by atoms with Crippen molar-refractivity contribution in [3.05, 3.63) is 77.5 Å². The van der Waals surface area contributed by atoms with Crippen molar-refractivity contribution >= 4 is 16.9 Å². The van der Waals surface area contributed by atoms with E-state index in [1.807, 2.05) is 24.3 Å². The van der Waals surface area contributed by atoms with Crippen LogP contribution in [-0.2, 0) is 22.5 Å². The summed E-state index contributed by atoms with van der Waals surface area (Å²) in [7, 11) is 3.12. The highest BCUT2D eigenvalue weighted by atomic mass is 16.5. The molecule has 0 amide bonds. The number of allylic oxidation sites excluding steroid dienone is 1. The first-order valence-corrected chi connectivity index (χ1v) is 9.21. The third kappa shape index (κ3) is 3.12. The van der Waals surface area contributed by atoms with Crippen molar-refractivity contribution in [2.45, 2.75) is 25.3 Å². The lowest BCUT2D eigenvalue weighted by Gasteiger charge is -2.11. The van der Waals surface area contributed by atoms with Gasteiger partial charge in [0.25, 0.3) is 0 Å². The second-order valence-electron chi connectivity index (χ2n) is 6.81. The predicted octanol–water partition coefficient (Wildman–Crippen LogP) is 4.46. The minimum Gasteiger partial charge on any atom is -0.496 e. The van der Waals surface area contributed by atoms with Gasteiger partial charge in [0.2, 0.25) is 0 Å². The van der Waals surface area contributed by atoms with Gasteiger partial charge in [-0.15, -0.1) is 0 Å². The summed E-state index contributed by atoms with van der Waals surface area (Å²) in [5.74, 6) is 0.757. The first kappa shape index (κ1) is 17.4. The number of ether oxygens (including phenoxy) is 2. The number of aromatic nitrogens is 1. The average molecular weight is 361 g/mol. The highest BCUT2D eigenvalue weighted by molar-refractivity contribution is 5.93. The Bertz CT molecular complexity index is 1000. The summed E-state index contributed by atoms with van der Waals surface area (Å²) in [4.78, 5) is 11.6. The second kappa shape index (κ2) is 7.31. The maximum Gasteiger partial charge on any atom is 0.330 e. The van der Waals surface area contributed by atoms with Crippen LogP contribution in [0.3, 0.4) is 0 Å². The molecule has 1 unspecified atom stereocenters. The minimum atomic E-state index is -0.316. The molecule has 138 valence electrons. The maximum absolute atomic E-state index is 11.6. The normalized spacial score (nSPS) is 16.0. The smallest absolute Gasteiger partial charge is 0.330 e. The molecule has 0 spiro atoms. The van der Waals surface area contributed by atoms with Gasteiger partial charge in [0.1, 0.15) is 5.75 Å². The Morgan fingerprint density at radius 1 is 1.15 bits per heavy atom. The Morgan fingerprint density at radius 3 is 2.70 bits per heavy atom. The van der Waals surface area contributed by atoms with E-state index < -0.39 is 0 Å². The summed E-state index contributed by atoms with van der Waals surface area (Å²) in [6.45, 7) is 0.827. The van der Waals surface area contributed by atoms with E-state index in [-0.39, 0.29) is 11.9 Å². The van der Waals surface area contributed by atoms with Crippen molar-refractivity contribution in [3.63, 3.8) is 0 Å². The van der Waals surface area contributed by atoms with E-state index in [0.717, 1.165) is 30.5 Å². The van der Waals surface area contributed by atoms with Gasteiger partial charge in [0.05, 0.1) is 19.7 Å². The van der Waals surface area contributed by atoms with E-state index in [9.17, 15) is 4.79 Å². The van der Waals surface area contributed by atoms with Crippen molar-refractivity contribution in [1.82, 2.24) is 4.57 Å². The molecular weight excluding hydrogens is 338 g/mol. The van der Waals surface area contributed by atoms with Gasteiger partial charge in [0.15, 0.2) is 0 Å². The van der Waals surface area contributed by atoms with Crippen molar-refractivity contribution in [2.75, 3.05) is 14.2 Å². The van der Waals surface area contributed by atoms with Gasteiger partial charge >= 0.3 is 5.97 Å². The topological polar surface area (TPSA) is 40.5 Å². The third-order valence-electron chi connectivity index (χ3n) is 5.33. The van der Waals surface area contributed by atoms with Gasteiger partial charge in [-0.3, -0.25) is 0 Å². The SMILES string of the molecule is COC(=O)/C=C/C1CCc2c1c1c(OC)cccc1n2Cc1ccccc1. The van der Waals surface area contributed by atoms with Crippen molar-refractivity contribution in [1.29, 1.82) is 0 Å². The molecule has 4 heteroatoms. The van der Waals surface area contributed by atoms with E-state index in [2.05, 4.69) is 34.9 Å². The molecule has 4 nitrogen and oxygen atoms in total. The standard InChI is InChI=1S/C23H23NO3/c1-26-20-10-6-9-18-23(20)22-17(12-14-21(25)27-2)11-13-19(22)24(18)15-16-7-4-3-5-8-16/h3-10,12,14,17H,11,13,15H2,1-2H3/b14-12+. The lowest BCUT2D eigenvalue weighted by atomic mass is 9.99. The highest BCUT2D eigenvalue weighted by Gasteiger charge is 2.30. The molecule has 0 saturated carbocycles. The Labute approximate surface area is 159 Å². The molecule has 1 aliphatic carbocycles. The minimum absolute atomic E-state index is 0.190. The number of rotatable bonds is 5. The lowest BCUT2D eigenvalue weighted by Crippen LogP contribution is -2.03. The van der Waals surface area contributed by atoms with E-state index in [1.165, 1.54) is 35.5 Å². The van der Waals surface area contributed by atoms with Crippen LogP contribution in [0.1, 0.15) is 29.2 Å². The average Bonchev–Trinajstić information content (AvgIpc) is 3.26. The number of benzene rings is 2. The molecular formula is C23H23NO3. The summed E-state index contributed by atoms with van der Waals surface area (Å²) in [6.07, 6.45) is 5.48. The monoisotopic (exact) mass is 361 g/mol. The number of methoxy groups -OCH3 is 2. The number of fused-ring (bicyclic) bond motifs is 3. The maximum atomic E-state index is 11.6. The molecule has 27 heavy (non-hydrogen) atoms. The summed E-state index contributed by atoms with van der Waals surface area (Å²) in [6, 6.07) is 16.7. The molecule has 3 aromatic rings. The fourth-order valence-electron chi connectivity index (χ4n) is 4.13. The summed E-state index contributed by atoms with van der Waals surface area (Å²) in [5.41, 5.74) is 5.06. The van der Waals surface area contributed by atoms with Crippen molar-refractivity contribution < 1.29 is 14.3 Å². The Morgan fingerprint density at radius 2 is 1.96 bits per heavy atom. The van der Waals surface area contributed by atoms with Gasteiger partial charge in [-0.1, -0.05) is 42.5 Å². The number of carbonyl (C=O) groups is 1. The van der Waals surface area contributed by atoms with Crippen LogP contribution in [0, 0.1) is 0 Å². The molecule has 1 aromatic heterocycles. The van der Waals surface area contributed by atoms with Crippen LogP contribution in [0.25, 0.3) is 10.9 Å². The number of hydrogen-bond donors (Lipinski definition) is 0. The molecule has 0 aliphatic heterocycles. The number of esters is 1. The molecule has 2 aromatic carbocycles. The van der Waals surface area contributed by atoms with Gasteiger partial charge < -0.3 is 14.0 Å². The molecule has 0 N–H and O–H groups in total. The van der Waals surface area contributed by atoms with E-state index in [4.69, 9.17) is 9.47 Å². The highest BCUT2D eigenvalue weighted by Crippen LogP contribution is 2.45.